The Balaban J connectivity index is 1.83. The molecule has 0 atom stereocenters. The molecule has 0 saturated carbocycles. The molecule has 2 aromatic carbocycles. The summed E-state index contributed by atoms with van der Waals surface area (Å²) in [6, 6.07) is 4.28. The standard InChI is InChI=1S/C22H23F5N2O6S2/c1-3-37(33,34)20-12-16(23)18(11-17(20)24)28-6-8-29(9-7-28)21(30)15-10-14(36(2,31)32)4-5-19(15)35-13-22(25,26)27/h4-5,10-12H,3,6-9,13H2,1-2H3. The predicted molar refractivity (Wildman–Crippen MR) is 123 cm³/mol. The number of rotatable bonds is 7. The highest BCUT2D eigenvalue weighted by atomic mass is 32.2. The van der Waals surface area contributed by atoms with Crippen LogP contribution in [0, 0.1) is 11.6 Å². The van der Waals surface area contributed by atoms with E-state index in [1.807, 2.05) is 0 Å². The third-order valence-corrected chi connectivity index (χ3v) is 8.48. The van der Waals surface area contributed by atoms with Crippen molar-refractivity contribution in [2.75, 3.05) is 49.7 Å². The lowest BCUT2D eigenvalue weighted by Gasteiger charge is -2.36. The number of amides is 1. The molecule has 0 spiro atoms. The second-order valence-corrected chi connectivity index (χ2v) is 12.5. The first-order valence-electron chi connectivity index (χ1n) is 10.8. The smallest absolute Gasteiger partial charge is 0.422 e. The molecule has 0 radical (unpaired) electrons. The van der Waals surface area contributed by atoms with Crippen LogP contribution in [0.4, 0.5) is 27.6 Å². The minimum absolute atomic E-state index is 0.0213. The summed E-state index contributed by atoms with van der Waals surface area (Å²) in [5.74, 6) is -3.78. The molecule has 1 aliphatic rings. The topological polar surface area (TPSA) is 101 Å². The number of alkyl halides is 3. The fourth-order valence-electron chi connectivity index (χ4n) is 3.67. The largest absolute Gasteiger partial charge is 0.483 e. The Morgan fingerprint density at radius 1 is 0.973 bits per heavy atom. The number of carbonyl (C=O) groups excluding carboxylic acids is 1. The number of hydrogen-bond donors (Lipinski definition) is 0. The summed E-state index contributed by atoms with van der Waals surface area (Å²) in [5.41, 5.74) is -0.611. The summed E-state index contributed by atoms with van der Waals surface area (Å²) in [5, 5.41) is 0. The maximum Gasteiger partial charge on any atom is 0.422 e. The first kappa shape index (κ1) is 28.6. The van der Waals surface area contributed by atoms with Crippen molar-refractivity contribution in [3.63, 3.8) is 0 Å². The summed E-state index contributed by atoms with van der Waals surface area (Å²) in [4.78, 5) is 14.7. The average Bonchev–Trinajstić information content (AvgIpc) is 2.82. The molecule has 3 rings (SSSR count). The zero-order chi connectivity index (χ0) is 27.8. The molecule has 0 aromatic heterocycles. The first-order chi connectivity index (χ1) is 17.0. The van der Waals surface area contributed by atoms with Crippen molar-refractivity contribution in [1.29, 1.82) is 0 Å². The third-order valence-electron chi connectivity index (χ3n) is 5.62. The van der Waals surface area contributed by atoms with Gasteiger partial charge in [0.05, 0.1) is 21.9 Å². The summed E-state index contributed by atoms with van der Waals surface area (Å²) < 4.78 is 120. The van der Waals surface area contributed by atoms with Crippen LogP contribution >= 0.6 is 0 Å². The zero-order valence-corrected chi connectivity index (χ0v) is 21.3. The number of piperazine rings is 1. The van der Waals surface area contributed by atoms with Crippen LogP contribution in [-0.4, -0.2) is 78.6 Å². The third kappa shape index (κ3) is 6.69. The van der Waals surface area contributed by atoms with Gasteiger partial charge in [-0.3, -0.25) is 4.79 Å². The SMILES string of the molecule is CCS(=O)(=O)c1cc(F)c(N2CCN(C(=O)c3cc(S(C)(=O)=O)ccc3OCC(F)(F)F)CC2)cc1F. The molecule has 1 aliphatic heterocycles. The Kier molecular flexibility index (Phi) is 8.08. The van der Waals surface area contributed by atoms with Crippen molar-refractivity contribution in [3.8, 4) is 5.75 Å². The van der Waals surface area contributed by atoms with E-state index in [0.29, 0.717) is 6.07 Å². The van der Waals surface area contributed by atoms with Crippen molar-refractivity contribution in [3.05, 3.63) is 47.5 Å². The van der Waals surface area contributed by atoms with E-state index in [-0.39, 0.29) is 36.8 Å². The lowest BCUT2D eigenvalue weighted by atomic mass is 10.1. The quantitative estimate of drug-likeness (QED) is 0.472. The van der Waals surface area contributed by atoms with E-state index in [0.717, 1.165) is 30.5 Å². The van der Waals surface area contributed by atoms with Crippen molar-refractivity contribution < 1.29 is 48.3 Å². The van der Waals surface area contributed by atoms with Gasteiger partial charge in [0, 0.05) is 38.5 Å². The highest BCUT2D eigenvalue weighted by Crippen LogP contribution is 2.30. The average molecular weight is 571 g/mol. The zero-order valence-electron chi connectivity index (χ0n) is 19.7. The molecule has 2 aromatic rings. The second-order valence-electron chi connectivity index (χ2n) is 8.25. The van der Waals surface area contributed by atoms with Gasteiger partial charge in [-0.25, -0.2) is 25.6 Å². The number of halogens is 5. The maximum absolute atomic E-state index is 14.7. The molecular weight excluding hydrogens is 547 g/mol. The van der Waals surface area contributed by atoms with E-state index in [1.54, 1.807) is 0 Å². The molecule has 0 aliphatic carbocycles. The van der Waals surface area contributed by atoms with Gasteiger partial charge in [0.25, 0.3) is 5.91 Å². The molecule has 0 unspecified atom stereocenters. The molecule has 1 saturated heterocycles. The first-order valence-corrected chi connectivity index (χ1v) is 14.4. The Labute approximate surface area is 210 Å². The molecule has 1 amide bonds. The minimum Gasteiger partial charge on any atom is -0.483 e. The number of hydrogen-bond acceptors (Lipinski definition) is 7. The fraction of sp³-hybridized carbons (Fsp3) is 0.409. The summed E-state index contributed by atoms with van der Waals surface area (Å²) in [6.07, 6.45) is -3.83. The number of benzene rings is 2. The molecular formula is C22H23F5N2O6S2. The van der Waals surface area contributed by atoms with Crippen LogP contribution in [0.3, 0.4) is 0 Å². The van der Waals surface area contributed by atoms with E-state index in [9.17, 15) is 43.6 Å². The Morgan fingerprint density at radius 2 is 1.59 bits per heavy atom. The summed E-state index contributed by atoms with van der Waals surface area (Å²) in [6.45, 7) is -0.595. The van der Waals surface area contributed by atoms with Gasteiger partial charge in [-0.1, -0.05) is 6.92 Å². The minimum atomic E-state index is -4.70. The van der Waals surface area contributed by atoms with E-state index < -0.39 is 72.0 Å². The van der Waals surface area contributed by atoms with Gasteiger partial charge in [-0.2, -0.15) is 13.2 Å². The molecule has 15 heteroatoms. The molecule has 37 heavy (non-hydrogen) atoms. The Hall–Kier alpha value is -2.94. The van der Waals surface area contributed by atoms with E-state index in [2.05, 4.69) is 0 Å². The van der Waals surface area contributed by atoms with Gasteiger partial charge < -0.3 is 14.5 Å². The Bertz CT molecular complexity index is 1400. The lowest BCUT2D eigenvalue weighted by Crippen LogP contribution is -2.49. The van der Waals surface area contributed by atoms with E-state index >= 15 is 0 Å². The van der Waals surface area contributed by atoms with Crippen LogP contribution in [0.25, 0.3) is 0 Å². The fourth-order valence-corrected chi connectivity index (χ4v) is 5.26. The molecule has 1 fully saturated rings. The second kappa shape index (κ2) is 10.4. The van der Waals surface area contributed by atoms with Crippen LogP contribution in [0.2, 0.25) is 0 Å². The molecule has 1 heterocycles. The van der Waals surface area contributed by atoms with Crippen LogP contribution < -0.4 is 9.64 Å². The summed E-state index contributed by atoms with van der Waals surface area (Å²) >= 11 is 0. The number of ether oxygens (including phenoxy) is 1. The monoisotopic (exact) mass is 570 g/mol. The summed E-state index contributed by atoms with van der Waals surface area (Å²) in [7, 11) is -7.79. The van der Waals surface area contributed by atoms with E-state index in [4.69, 9.17) is 4.74 Å². The van der Waals surface area contributed by atoms with Gasteiger partial charge in [-0.15, -0.1) is 0 Å². The van der Waals surface area contributed by atoms with Crippen LogP contribution in [0.15, 0.2) is 40.1 Å². The molecule has 0 N–H and O–H groups in total. The number of carbonyl (C=O) groups is 1. The Morgan fingerprint density at radius 3 is 2.14 bits per heavy atom. The maximum atomic E-state index is 14.7. The molecule has 8 nitrogen and oxygen atoms in total. The predicted octanol–water partition coefficient (Wildman–Crippen LogP) is 3.07. The highest BCUT2D eigenvalue weighted by Gasteiger charge is 2.31. The number of sulfone groups is 2. The normalized spacial score (nSPS) is 15.1. The van der Waals surface area contributed by atoms with Gasteiger partial charge in [-0.05, 0) is 24.3 Å². The van der Waals surface area contributed by atoms with Crippen LogP contribution in [0.5, 0.6) is 5.75 Å². The number of anilines is 1. The van der Waals surface area contributed by atoms with Crippen LogP contribution in [-0.2, 0) is 19.7 Å². The van der Waals surface area contributed by atoms with Crippen LogP contribution in [0.1, 0.15) is 17.3 Å². The van der Waals surface area contributed by atoms with Crippen molar-refractivity contribution in [2.24, 2.45) is 0 Å². The molecule has 204 valence electrons. The van der Waals surface area contributed by atoms with Gasteiger partial charge in [0.1, 0.15) is 22.3 Å². The van der Waals surface area contributed by atoms with Gasteiger partial charge in [0.2, 0.25) is 0 Å². The van der Waals surface area contributed by atoms with Crippen molar-refractivity contribution in [1.82, 2.24) is 4.90 Å². The van der Waals surface area contributed by atoms with Crippen molar-refractivity contribution >= 4 is 31.3 Å². The molecule has 0 bridgehead atoms. The number of nitrogens with zero attached hydrogens (tertiary/aromatic N) is 2. The van der Waals surface area contributed by atoms with Gasteiger partial charge >= 0.3 is 6.18 Å². The van der Waals surface area contributed by atoms with E-state index in [1.165, 1.54) is 16.7 Å². The highest BCUT2D eigenvalue weighted by molar-refractivity contribution is 7.91. The lowest BCUT2D eigenvalue weighted by molar-refractivity contribution is -0.153. The van der Waals surface area contributed by atoms with Crippen molar-refractivity contribution in [2.45, 2.75) is 22.9 Å². The van der Waals surface area contributed by atoms with Gasteiger partial charge in [0.15, 0.2) is 26.3 Å².